The Labute approximate surface area is 121 Å². The first-order chi connectivity index (χ1) is 10.2. The van der Waals surface area contributed by atoms with Crippen molar-refractivity contribution in [2.75, 3.05) is 0 Å². The fourth-order valence-electron chi connectivity index (χ4n) is 3.29. The second-order valence-corrected chi connectivity index (χ2v) is 5.55. The Balaban J connectivity index is 2.11. The molecule has 0 fully saturated rings. The number of Topliss-reactive ketones (excluding diaryl/α,β-unsaturated/α-hetero) is 1. The molecule has 1 aliphatic carbocycles. The fourth-order valence-corrected chi connectivity index (χ4v) is 3.29. The van der Waals surface area contributed by atoms with Crippen LogP contribution in [0.15, 0.2) is 48.5 Å². The van der Waals surface area contributed by atoms with Crippen LogP contribution in [0, 0.1) is 0 Å². The first kappa shape index (κ1) is 12.5. The Morgan fingerprint density at radius 2 is 1.57 bits per heavy atom. The smallest absolute Gasteiger partial charge is 0.168 e. The van der Waals surface area contributed by atoms with Gasteiger partial charge in [-0.25, -0.2) is 0 Å². The van der Waals surface area contributed by atoms with Crippen molar-refractivity contribution in [2.45, 2.75) is 18.6 Å². The minimum absolute atomic E-state index is 0.177. The Bertz CT molecular complexity index is 882. The van der Waals surface area contributed by atoms with Crippen molar-refractivity contribution < 1.29 is 15.0 Å². The first-order valence-corrected chi connectivity index (χ1v) is 6.99. The van der Waals surface area contributed by atoms with Gasteiger partial charge in [0.25, 0.3) is 0 Å². The molecule has 0 bridgehead atoms. The molecule has 2 N–H and O–H groups in total. The summed E-state index contributed by atoms with van der Waals surface area (Å²) in [6.45, 7) is 0. The molecule has 0 saturated carbocycles. The van der Waals surface area contributed by atoms with E-state index in [1.807, 2.05) is 48.5 Å². The van der Waals surface area contributed by atoms with E-state index in [-0.39, 0.29) is 12.2 Å². The Kier molecular flexibility index (Phi) is 2.61. The van der Waals surface area contributed by atoms with E-state index < -0.39 is 12.2 Å². The number of aliphatic hydroxyl groups excluding tert-OH is 2. The molecule has 3 aromatic carbocycles. The highest BCUT2D eigenvalue weighted by Crippen LogP contribution is 2.37. The third-order valence-electron chi connectivity index (χ3n) is 4.35. The Morgan fingerprint density at radius 1 is 0.810 bits per heavy atom. The lowest BCUT2D eigenvalue weighted by atomic mass is 9.82. The number of fused-ring (bicyclic) bond motifs is 5. The topological polar surface area (TPSA) is 57.5 Å². The predicted molar refractivity (Wildman–Crippen MR) is 81.1 cm³/mol. The summed E-state index contributed by atoms with van der Waals surface area (Å²) < 4.78 is 0. The van der Waals surface area contributed by atoms with E-state index in [4.69, 9.17) is 0 Å². The molecule has 21 heavy (non-hydrogen) atoms. The Morgan fingerprint density at radius 3 is 2.43 bits per heavy atom. The maximum atomic E-state index is 11.7. The molecule has 0 spiro atoms. The number of carbonyl (C=O) groups excluding carboxylic acids is 1. The molecule has 2 unspecified atom stereocenters. The molecular weight excluding hydrogens is 264 g/mol. The maximum Gasteiger partial charge on any atom is 0.168 e. The van der Waals surface area contributed by atoms with E-state index in [0.717, 1.165) is 27.1 Å². The molecule has 0 heterocycles. The summed E-state index contributed by atoms with van der Waals surface area (Å²) in [6.07, 6.45) is -2.29. The highest BCUT2D eigenvalue weighted by atomic mass is 16.3. The van der Waals surface area contributed by atoms with Crippen LogP contribution in [0.5, 0.6) is 0 Å². The number of hydrogen-bond donors (Lipinski definition) is 2. The predicted octanol–water partition coefficient (Wildman–Crippen LogP) is 2.51. The molecule has 3 aromatic rings. The summed E-state index contributed by atoms with van der Waals surface area (Å²) in [6, 6.07) is 15.9. The zero-order valence-corrected chi connectivity index (χ0v) is 11.3. The van der Waals surface area contributed by atoms with Gasteiger partial charge in [0.15, 0.2) is 5.78 Å². The van der Waals surface area contributed by atoms with Gasteiger partial charge in [-0.3, -0.25) is 4.79 Å². The highest BCUT2D eigenvalue weighted by molar-refractivity contribution is 6.09. The molecule has 2 atom stereocenters. The van der Waals surface area contributed by atoms with Gasteiger partial charge in [0, 0.05) is 6.42 Å². The lowest BCUT2D eigenvalue weighted by Crippen LogP contribution is -2.34. The maximum absolute atomic E-state index is 11.7. The van der Waals surface area contributed by atoms with Crippen molar-refractivity contribution in [3.63, 3.8) is 0 Å². The van der Waals surface area contributed by atoms with E-state index in [1.165, 1.54) is 0 Å². The molecule has 0 aliphatic heterocycles. The molecule has 0 saturated heterocycles. The zero-order valence-electron chi connectivity index (χ0n) is 11.3. The number of rotatable bonds is 0. The van der Waals surface area contributed by atoms with Crippen LogP contribution >= 0.6 is 0 Å². The number of hydrogen-bond acceptors (Lipinski definition) is 3. The van der Waals surface area contributed by atoms with Gasteiger partial charge in [-0.1, -0.05) is 48.5 Å². The molecule has 104 valence electrons. The van der Waals surface area contributed by atoms with Gasteiger partial charge in [0.1, 0.15) is 12.2 Å². The minimum atomic E-state index is -1.32. The minimum Gasteiger partial charge on any atom is -0.385 e. The van der Waals surface area contributed by atoms with E-state index >= 15 is 0 Å². The zero-order chi connectivity index (χ0) is 14.6. The monoisotopic (exact) mass is 278 g/mol. The number of benzene rings is 3. The van der Waals surface area contributed by atoms with Gasteiger partial charge in [-0.15, -0.1) is 0 Å². The third-order valence-corrected chi connectivity index (χ3v) is 4.35. The van der Waals surface area contributed by atoms with Crippen molar-refractivity contribution in [3.8, 4) is 0 Å². The molecule has 0 aromatic heterocycles. The van der Waals surface area contributed by atoms with Crippen molar-refractivity contribution in [2.24, 2.45) is 0 Å². The third kappa shape index (κ3) is 1.71. The summed E-state index contributed by atoms with van der Waals surface area (Å²) in [4.78, 5) is 11.7. The second kappa shape index (κ2) is 4.38. The average Bonchev–Trinajstić information content (AvgIpc) is 2.51. The van der Waals surface area contributed by atoms with Crippen LogP contribution in [-0.2, 0) is 11.2 Å². The fraction of sp³-hybridized carbons (Fsp3) is 0.167. The van der Waals surface area contributed by atoms with Crippen LogP contribution < -0.4 is 0 Å². The summed E-state index contributed by atoms with van der Waals surface area (Å²) in [5.74, 6) is -0.324. The largest absolute Gasteiger partial charge is 0.385 e. The van der Waals surface area contributed by atoms with Crippen molar-refractivity contribution in [1.82, 2.24) is 0 Å². The SMILES string of the molecule is O=C1Cc2ccc3c(ccc4ccccc43)c2C(O)C1O. The lowest BCUT2D eigenvalue weighted by Gasteiger charge is -2.27. The van der Waals surface area contributed by atoms with E-state index in [9.17, 15) is 15.0 Å². The molecule has 0 radical (unpaired) electrons. The lowest BCUT2D eigenvalue weighted by molar-refractivity contribution is -0.133. The Hall–Kier alpha value is -2.23. The molecule has 3 heteroatoms. The van der Waals surface area contributed by atoms with Crippen molar-refractivity contribution >= 4 is 27.3 Å². The standard InChI is InChI=1S/C18H14O3/c19-15-9-11-6-7-13-12-4-2-1-3-10(12)5-8-14(13)16(11)18(21)17(15)20/h1-8,17-18,20-21H,9H2. The van der Waals surface area contributed by atoms with E-state index in [1.54, 1.807) is 0 Å². The van der Waals surface area contributed by atoms with Gasteiger partial charge < -0.3 is 10.2 Å². The molecule has 3 nitrogen and oxygen atoms in total. The van der Waals surface area contributed by atoms with Crippen molar-refractivity contribution in [1.29, 1.82) is 0 Å². The van der Waals surface area contributed by atoms with Crippen LogP contribution in [0.1, 0.15) is 17.2 Å². The normalized spacial score (nSPS) is 21.7. The second-order valence-electron chi connectivity index (χ2n) is 5.55. The van der Waals surface area contributed by atoms with Gasteiger partial charge in [-0.2, -0.15) is 0 Å². The highest BCUT2D eigenvalue weighted by Gasteiger charge is 2.34. The van der Waals surface area contributed by atoms with Gasteiger partial charge in [-0.05, 0) is 32.7 Å². The number of carbonyl (C=O) groups is 1. The van der Waals surface area contributed by atoms with Crippen molar-refractivity contribution in [3.05, 3.63) is 59.7 Å². The number of ketones is 1. The van der Waals surface area contributed by atoms with Crippen LogP contribution in [0.2, 0.25) is 0 Å². The molecule has 0 amide bonds. The van der Waals surface area contributed by atoms with Gasteiger partial charge in [0.2, 0.25) is 0 Å². The van der Waals surface area contributed by atoms with E-state index in [2.05, 4.69) is 0 Å². The summed E-state index contributed by atoms with van der Waals surface area (Å²) in [7, 11) is 0. The summed E-state index contributed by atoms with van der Waals surface area (Å²) in [5.41, 5.74) is 1.49. The van der Waals surface area contributed by atoms with Crippen LogP contribution in [0.25, 0.3) is 21.5 Å². The van der Waals surface area contributed by atoms with Crippen LogP contribution in [0.3, 0.4) is 0 Å². The molecular formula is C18H14O3. The quantitative estimate of drug-likeness (QED) is 0.621. The van der Waals surface area contributed by atoms with Crippen LogP contribution in [-0.4, -0.2) is 22.1 Å². The molecule has 1 aliphatic rings. The molecule has 4 rings (SSSR count). The van der Waals surface area contributed by atoms with Crippen LogP contribution in [0.4, 0.5) is 0 Å². The average molecular weight is 278 g/mol. The summed E-state index contributed by atoms with van der Waals surface area (Å²) in [5, 5.41) is 24.3. The first-order valence-electron chi connectivity index (χ1n) is 6.99. The number of aliphatic hydroxyl groups is 2. The van der Waals surface area contributed by atoms with E-state index in [0.29, 0.717) is 5.56 Å². The summed E-state index contributed by atoms with van der Waals surface area (Å²) >= 11 is 0. The van der Waals surface area contributed by atoms with Gasteiger partial charge >= 0.3 is 0 Å². The van der Waals surface area contributed by atoms with Gasteiger partial charge in [0.05, 0.1) is 0 Å².